The maximum Gasteiger partial charge on any atom is 0.407 e. The third-order valence-corrected chi connectivity index (χ3v) is 11.2. The third kappa shape index (κ3) is 31.1. The number of amides is 1. The molecule has 0 aromatic heterocycles. The van der Waals surface area contributed by atoms with Crippen molar-refractivity contribution >= 4 is 12.1 Å². The van der Waals surface area contributed by atoms with Crippen molar-refractivity contribution in [1.82, 2.24) is 5.32 Å². The van der Waals surface area contributed by atoms with Crippen LogP contribution in [0.5, 0.6) is 0 Å². The molecule has 0 radical (unpaired) electrons. The second kappa shape index (κ2) is 43.8. The van der Waals surface area contributed by atoms with E-state index in [2.05, 4.69) is 36.5 Å². The Morgan fingerprint density at radius 3 is 1.10 bits per heavy atom. The molecule has 15 nitrogen and oxygen atoms in total. The van der Waals surface area contributed by atoms with Gasteiger partial charge in [0, 0.05) is 18.9 Å². The summed E-state index contributed by atoms with van der Waals surface area (Å²) in [5.41, 5.74) is 4.77. The van der Waals surface area contributed by atoms with Gasteiger partial charge in [-0.15, -0.1) is 0 Å². The van der Waals surface area contributed by atoms with E-state index in [-0.39, 0.29) is 25.1 Å². The van der Waals surface area contributed by atoms with Gasteiger partial charge in [-0.1, -0.05) is 133 Å². The van der Waals surface area contributed by atoms with Crippen LogP contribution in [-0.2, 0) is 61.6 Å². The fraction of sp³-hybridized carbons (Fsp3) is 0.736. The van der Waals surface area contributed by atoms with E-state index in [1.165, 1.54) is 92.9 Å². The van der Waals surface area contributed by atoms with Crippen molar-refractivity contribution < 1.29 is 66.4 Å². The zero-order valence-electron chi connectivity index (χ0n) is 41.6. The van der Waals surface area contributed by atoms with Crippen molar-refractivity contribution in [3.8, 4) is 11.1 Å². The van der Waals surface area contributed by atoms with Crippen LogP contribution in [0.25, 0.3) is 11.1 Å². The summed E-state index contributed by atoms with van der Waals surface area (Å²) < 4.78 is 66.0. The summed E-state index contributed by atoms with van der Waals surface area (Å²) in [4.78, 5) is 24.2. The molecule has 388 valence electrons. The Labute approximate surface area is 408 Å². The summed E-state index contributed by atoms with van der Waals surface area (Å²) in [7, 11) is 0. The van der Waals surface area contributed by atoms with Crippen molar-refractivity contribution in [1.29, 1.82) is 0 Å². The molecule has 0 heterocycles. The maximum absolute atomic E-state index is 12.3. The highest BCUT2D eigenvalue weighted by Gasteiger charge is 2.29. The zero-order valence-corrected chi connectivity index (χ0v) is 41.6. The lowest BCUT2D eigenvalue weighted by Gasteiger charge is -2.14. The summed E-state index contributed by atoms with van der Waals surface area (Å²) in [5, 5.41) is 2.75. The molecule has 1 amide bonds. The van der Waals surface area contributed by atoms with Gasteiger partial charge in [-0.05, 0) is 28.7 Å². The number of hydrogen-bond donors (Lipinski definition) is 1. The van der Waals surface area contributed by atoms with E-state index >= 15 is 0 Å². The molecule has 3 rings (SSSR count). The van der Waals surface area contributed by atoms with Gasteiger partial charge in [0.2, 0.25) is 0 Å². The van der Waals surface area contributed by atoms with Crippen LogP contribution in [0.2, 0.25) is 0 Å². The van der Waals surface area contributed by atoms with Crippen LogP contribution < -0.4 is 5.32 Å². The van der Waals surface area contributed by atoms with Gasteiger partial charge < -0.3 is 62.2 Å². The fourth-order valence-corrected chi connectivity index (χ4v) is 7.53. The Balaban J connectivity index is 0.906. The minimum atomic E-state index is -0.454. The van der Waals surface area contributed by atoms with Gasteiger partial charge in [-0.25, -0.2) is 4.79 Å². The van der Waals surface area contributed by atoms with E-state index in [1.807, 2.05) is 24.3 Å². The van der Waals surface area contributed by atoms with E-state index in [4.69, 9.17) is 56.8 Å². The van der Waals surface area contributed by atoms with Gasteiger partial charge in [0.1, 0.15) is 13.2 Å². The fourth-order valence-electron chi connectivity index (χ4n) is 7.53. The predicted molar refractivity (Wildman–Crippen MR) is 263 cm³/mol. The molecule has 0 fully saturated rings. The number of ether oxygens (including phenoxy) is 12. The van der Waals surface area contributed by atoms with Crippen LogP contribution in [0.15, 0.2) is 48.5 Å². The Hall–Kier alpha value is -3.22. The first-order valence-electron chi connectivity index (χ1n) is 25.7. The number of fused-ring (bicyclic) bond motifs is 3. The molecule has 0 bridgehead atoms. The quantitative estimate of drug-likeness (QED) is 0.0496. The highest BCUT2D eigenvalue weighted by atomic mass is 16.6. The number of carbonyl (C=O) groups excluding carboxylic acids is 2. The van der Waals surface area contributed by atoms with Crippen LogP contribution >= 0.6 is 0 Å². The molecule has 0 atom stereocenters. The molecule has 0 saturated carbocycles. The average Bonchev–Trinajstić information content (AvgIpc) is 3.68. The molecule has 68 heavy (non-hydrogen) atoms. The first kappa shape index (κ1) is 59.1. The van der Waals surface area contributed by atoms with E-state index in [0.717, 1.165) is 12.8 Å². The Bertz CT molecular complexity index is 1440. The zero-order chi connectivity index (χ0) is 48.1. The lowest BCUT2D eigenvalue weighted by molar-refractivity contribution is -0.145. The van der Waals surface area contributed by atoms with Crippen LogP contribution in [-0.4, -0.2) is 164 Å². The predicted octanol–water partition coefficient (Wildman–Crippen LogP) is 8.72. The number of benzene rings is 2. The largest absolute Gasteiger partial charge is 0.463 e. The molecular weight excluding hydrogens is 875 g/mol. The number of carbonyl (C=O) groups is 2. The Morgan fingerprint density at radius 1 is 0.397 bits per heavy atom. The first-order valence-corrected chi connectivity index (χ1v) is 25.7. The molecule has 0 aliphatic heterocycles. The number of alkyl carbamates (subject to hydrolysis) is 1. The Morgan fingerprint density at radius 2 is 0.721 bits per heavy atom. The summed E-state index contributed by atoms with van der Waals surface area (Å²) >= 11 is 0. The van der Waals surface area contributed by atoms with Gasteiger partial charge in [-0.2, -0.15) is 0 Å². The lowest BCUT2D eigenvalue weighted by Crippen LogP contribution is -2.29. The minimum absolute atomic E-state index is 0.0329. The van der Waals surface area contributed by atoms with Crippen molar-refractivity contribution in [2.24, 2.45) is 0 Å². The molecular formula is C53H87NO14. The van der Waals surface area contributed by atoms with Crippen LogP contribution in [0.1, 0.15) is 114 Å². The monoisotopic (exact) mass is 962 g/mol. The van der Waals surface area contributed by atoms with Gasteiger partial charge in [-0.3, -0.25) is 4.79 Å². The molecule has 0 spiro atoms. The molecule has 0 saturated heterocycles. The van der Waals surface area contributed by atoms with Crippen LogP contribution in [0.3, 0.4) is 0 Å². The number of rotatable bonds is 49. The minimum Gasteiger partial charge on any atom is -0.463 e. The summed E-state index contributed by atoms with van der Waals surface area (Å²) in [6.07, 6.45) is 16.8. The molecule has 1 aliphatic rings. The highest BCUT2D eigenvalue weighted by Crippen LogP contribution is 2.44. The lowest BCUT2D eigenvalue weighted by atomic mass is 9.98. The number of unbranched alkanes of at least 4 members (excludes halogenated alkanes) is 12. The van der Waals surface area contributed by atoms with Crippen molar-refractivity contribution in [2.45, 2.75) is 103 Å². The second-order valence-corrected chi connectivity index (χ2v) is 16.6. The van der Waals surface area contributed by atoms with Crippen LogP contribution in [0.4, 0.5) is 4.79 Å². The molecule has 2 aromatic rings. The normalized spacial score (nSPS) is 12.1. The van der Waals surface area contributed by atoms with Gasteiger partial charge in [0.25, 0.3) is 0 Å². The molecule has 2 aromatic carbocycles. The summed E-state index contributed by atoms with van der Waals surface area (Å²) in [5.74, 6) is -0.104. The van der Waals surface area contributed by atoms with Gasteiger partial charge >= 0.3 is 12.1 Å². The molecule has 1 N–H and O–H groups in total. The first-order chi connectivity index (χ1) is 33.7. The van der Waals surface area contributed by atoms with Crippen LogP contribution in [0, 0.1) is 0 Å². The summed E-state index contributed by atoms with van der Waals surface area (Å²) in [6.45, 7) is 12.4. The maximum atomic E-state index is 12.3. The smallest absolute Gasteiger partial charge is 0.407 e. The molecule has 15 heteroatoms. The van der Waals surface area contributed by atoms with Gasteiger partial charge in [0.05, 0.1) is 132 Å². The van der Waals surface area contributed by atoms with Gasteiger partial charge in [0.15, 0.2) is 0 Å². The highest BCUT2D eigenvalue weighted by molar-refractivity contribution is 5.79. The van der Waals surface area contributed by atoms with E-state index in [1.54, 1.807) is 0 Å². The standard InChI is InChI=1S/C53H87NO14/c1-2-3-4-5-6-7-8-9-10-11-12-13-14-23-52(55)67-45-44-66-43-42-65-41-40-64-39-38-63-37-36-62-35-34-61-33-32-60-31-30-59-29-28-58-27-26-57-25-24-54-53(56)68-46-51-49-21-17-15-19-47(49)48-20-16-18-22-50(48)51/h15-22,51H,2-14,23-46H2,1H3,(H,54,56). The van der Waals surface area contributed by atoms with Crippen molar-refractivity contribution in [3.63, 3.8) is 0 Å². The van der Waals surface area contributed by atoms with E-state index in [0.29, 0.717) is 145 Å². The number of nitrogens with one attached hydrogen (secondary N) is 1. The number of hydrogen-bond acceptors (Lipinski definition) is 14. The molecule has 0 unspecified atom stereocenters. The average molecular weight is 962 g/mol. The van der Waals surface area contributed by atoms with Crippen molar-refractivity contribution in [2.75, 3.05) is 152 Å². The number of esters is 1. The molecule has 1 aliphatic carbocycles. The van der Waals surface area contributed by atoms with Crippen molar-refractivity contribution in [3.05, 3.63) is 59.7 Å². The topological polar surface area (TPSA) is 157 Å². The Kier molecular flexibility index (Phi) is 38.0. The van der Waals surface area contributed by atoms with E-state index < -0.39 is 6.09 Å². The SMILES string of the molecule is CCCCCCCCCCCCCCCC(=O)OCCOCCOCCOCCOCCOCCOCCOCCOCCOCCOCCNC(=O)OCC1c2ccccc2-c2ccccc21. The third-order valence-electron chi connectivity index (χ3n) is 11.2. The second-order valence-electron chi connectivity index (χ2n) is 16.6. The summed E-state index contributed by atoms with van der Waals surface area (Å²) in [6, 6.07) is 16.5. The van der Waals surface area contributed by atoms with E-state index in [9.17, 15) is 9.59 Å².